The number of carbonyl (C=O) groups is 3. The summed E-state index contributed by atoms with van der Waals surface area (Å²) in [6.45, 7) is 9.98. The zero-order chi connectivity index (χ0) is 20.0. The third-order valence-corrected chi connectivity index (χ3v) is 6.25. The molecule has 3 rings (SSSR count). The molecule has 4 amide bonds. The summed E-state index contributed by atoms with van der Waals surface area (Å²) in [5.74, 6) is -0.217. The number of imide groups is 1. The van der Waals surface area contributed by atoms with Gasteiger partial charge in [-0.1, -0.05) is 46.0 Å². The van der Waals surface area contributed by atoms with E-state index >= 15 is 0 Å². The zero-order valence-corrected chi connectivity index (χ0v) is 17.3. The first-order valence-electron chi connectivity index (χ1n) is 9.29. The Morgan fingerprint density at radius 3 is 2.63 bits per heavy atom. The smallest absolute Gasteiger partial charge is 0.323 e. The summed E-state index contributed by atoms with van der Waals surface area (Å²) in [7, 11) is 0. The van der Waals surface area contributed by atoms with Gasteiger partial charge in [-0.3, -0.25) is 19.8 Å². The van der Waals surface area contributed by atoms with E-state index in [4.69, 9.17) is 0 Å². The molecule has 2 atom stereocenters. The molecule has 2 N–H and O–H groups in total. The second-order valence-electron chi connectivity index (χ2n) is 8.91. The van der Waals surface area contributed by atoms with E-state index in [2.05, 4.69) is 41.6 Å². The van der Waals surface area contributed by atoms with Gasteiger partial charge in [-0.05, 0) is 30.6 Å². The van der Waals surface area contributed by atoms with Crippen molar-refractivity contribution in [3.63, 3.8) is 0 Å². The Morgan fingerprint density at radius 1 is 1.33 bits per heavy atom. The molecule has 1 aliphatic carbocycles. The van der Waals surface area contributed by atoms with Crippen LogP contribution in [0.1, 0.15) is 64.8 Å². The maximum atomic E-state index is 13.0. The van der Waals surface area contributed by atoms with Crippen LogP contribution in [0.5, 0.6) is 0 Å². The monoisotopic (exact) mass is 393 g/mol. The number of rotatable bonds is 4. The van der Waals surface area contributed by atoms with Gasteiger partial charge in [-0.15, -0.1) is 10.2 Å². The van der Waals surface area contributed by atoms with E-state index in [0.29, 0.717) is 23.9 Å². The summed E-state index contributed by atoms with van der Waals surface area (Å²) in [5, 5.41) is 14.7. The van der Waals surface area contributed by atoms with Gasteiger partial charge in [0.2, 0.25) is 11.0 Å². The van der Waals surface area contributed by atoms with Crippen molar-refractivity contribution >= 4 is 34.3 Å². The van der Waals surface area contributed by atoms with Crippen molar-refractivity contribution in [2.75, 3.05) is 11.9 Å². The van der Waals surface area contributed by atoms with Crippen LogP contribution in [0.3, 0.4) is 0 Å². The molecule has 1 spiro atoms. The average Bonchev–Trinajstić information content (AvgIpc) is 3.05. The van der Waals surface area contributed by atoms with Gasteiger partial charge >= 0.3 is 6.03 Å². The van der Waals surface area contributed by atoms with Crippen LogP contribution < -0.4 is 10.6 Å². The Hall–Kier alpha value is -2.03. The van der Waals surface area contributed by atoms with Gasteiger partial charge in [-0.2, -0.15) is 0 Å². The number of hydrogen-bond acceptors (Lipinski definition) is 6. The molecule has 1 aliphatic heterocycles. The van der Waals surface area contributed by atoms with Crippen molar-refractivity contribution in [3.05, 3.63) is 5.01 Å². The van der Waals surface area contributed by atoms with Gasteiger partial charge in [0, 0.05) is 5.92 Å². The molecule has 1 aromatic heterocycles. The van der Waals surface area contributed by atoms with Crippen LogP contribution in [0.4, 0.5) is 9.93 Å². The molecule has 148 valence electrons. The van der Waals surface area contributed by atoms with E-state index < -0.39 is 17.5 Å². The lowest BCUT2D eigenvalue weighted by atomic mass is 9.64. The molecule has 27 heavy (non-hydrogen) atoms. The van der Waals surface area contributed by atoms with Crippen LogP contribution in [-0.2, 0) is 9.59 Å². The number of carbonyl (C=O) groups excluding carboxylic acids is 3. The lowest BCUT2D eigenvalue weighted by molar-refractivity contribution is -0.136. The Bertz CT molecular complexity index is 775. The van der Waals surface area contributed by atoms with E-state index in [9.17, 15) is 14.4 Å². The maximum Gasteiger partial charge on any atom is 0.325 e. The molecular formula is C18H27N5O3S. The number of amides is 4. The second-order valence-corrected chi connectivity index (χ2v) is 9.92. The molecule has 1 saturated heterocycles. The van der Waals surface area contributed by atoms with Gasteiger partial charge in [-0.25, -0.2) is 4.79 Å². The lowest BCUT2D eigenvalue weighted by Crippen LogP contribution is -2.54. The van der Waals surface area contributed by atoms with Crippen LogP contribution >= 0.6 is 11.3 Å². The first-order valence-corrected chi connectivity index (χ1v) is 10.1. The van der Waals surface area contributed by atoms with Crippen molar-refractivity contribution < 1.29 is 14.4 Å². The summed E-state index contributed by atoms with van der Waals surface area (Å²) in [5.41, 5.74) is -0.940. The molecule has 2 fully saturated rings. The third kappa shape index (κ3) is 3.97. The fourth-order valence-electron chi connectivity index (χ4n) is 4.47. The minimum atomic E-state index is -0.897. The normalized spacial score (nSPS) is 27.3. The van der Waals surface area contributed by atoms with E-state index in [1.165, 1.54) is 11.3 Å². The van der Waals surface area contributed by atoms with Crippen molar-refractivity contribution in [2.45, 2.75) is 65.3 Å². The number of anilines is 1. The van der Waals surface area contributed by atoms with E-state index in [1.807, 2.05) is 13.8 Å². The Kier molecular flexibility index (Phi) is 5.00. The van der Waals surface area contributed by atoms with Crippen LogP contribution in [0.25, 0.3) is 0 Å². The minimum Gasteiger partial charge on any atom is -0.323 e. The Labute approximate surface area is 163 Å². The van der Waals surface area contributed by atoms with Gasteiger partial charge in [0.25, 0.3) is 5.91 Å². The number of hydrogen-bond donors (Lipinski definition) is 2. The fraction of sp³-hybridized carbons (Fsp3) is 0.722. The first-order chi connectivity index (χ1) is 12.5. The number of aromatic nitrogens is 2. The molecule has 0 radical (unpaired) electrons. The summed E-state index contributed by atoms with van der Waals surface area (Å²) >= 11 is 1.29. The topological polar surface area (TPSA) is 104 Å². The summed E-state index contributed by atoms with van der Waals surface area (Å²) in [4.78, 5) is 38.9. The van der Waals surface area contributed by atoms with Crippen molar-refractivity contribution in [1.29, 1.82) is 0 Å². The Balaban J connectivity index is 1.69. The molecule has 0 unspecified atom stereocenters. The highest BCUT2D eigenvalue weighted by Crippen LogP contribution is 2.46. The van der Waals surface area contributed by atoms with Crippen LogP contribution in [0.15, 0.2) is 0 Å². The number of nitrogens with one attached hydrogen (secondary N) is 2. The summed E-state index contributed by atoms with van der Waals surface area (Å²) in [6.07, 6.45) is 2.20. The van der Waals surface area contributed by atoms with Gasteiger partial charge in [0.05, 0.1) is 0 Å². The van der Waals surface area contributed by atoms with Crippen LogP contribution in [0, 0.1) is 11.3 Å². The minimum absolute atomic E-state index is 0.0430. The molecule has 1 aromatic rings. The molecule has 2 aliphatic rings. The van der Waals surface area contributed by atoms with Gasteiger partial charge in [0.1, 0.15) is 17.1 Å². The summed E-state index contributed by atoms with van der Waals surface area (Å²) < 4.78 is 0. The Morgan fingerprint density at radius 2 is 2.04 bits per heavy atom. The predicted molar refractivity (Wildman–Crippen MR) is 102 cm³/mol. The average molecular weight is 394 g/mol. The highest BCUT2D eigenvalue weighted by molar-refractivity contribution is 7.15. The summed E-state index contributed by atoms with van der Waals surface area (Å²) in [6, 6.07) is -0.500. The van der Waals surface area contributed by atoms with E-state index in [1.54, 1.807) is 0 Å². The molecular weight excluding hydrogens is 366 g/mol. The van der Waals surface area contributed by atoms with Gasteiger partial charge in [0.15, 0.2) is 0 Å². The molecule has 0 bridgehead atoms. The maximum absolute atomic E-state index is 13.0. The lowest BCUT2D eigenvalue weighted by Gasteiger charge is -2.43. The quantitative estimate of drug-likeness (QED) is 0.766. The highest BCUT2D eigenvalue weighted by Gasteiger charge is 2.56. The van der Waals surface area contributed by atoms with Gasteiger partial charge < -0.3 is 5.32 Å². The molecule has 1 saturated carbocycles. The predicted octanol–water partition coefficient (Wildman–Crippen LogP) is 2.74. The first kappa shape index (κ1) is 19.7. The molecule has 0 aromatic carbocycles. The molecule has 9 heteroatoms. The van der Waals surface area contributed by atoms with E-state index in [0.717, 1.165) is 16.3 Å². The third-order valence-electron chi connectivity index (χ3n) is 5.11. The second kappa shape index (κ2) is 6.85. The van der Waals surface area contributed by atoms with Crippen molar-refractivity contribution in [1.82, 2.24) is 20.4 Å². The van der Waals surface area contributed by atoms with Crippen molar-refractivity contribution in [2.24, 2.45) is 11.3 Å². The SMILES string of the molecule is CC(C)c1nnc(NC(=O)CN2C(=O)N[C@@]3(C[C@@H](C)CC(C)(C)C3)C2=O)s1. The molecule has 2 heterocycles. The zero-order valence-electron chi connectivity index (χ0n) is 16.5. The van der Waals surface area contributed by atoms with Crippen LogP contribution in [-0.4, -0.2) is 45.0 Å². The standard InChI is InChI=1S/C18H27N5O3S/c1-10(2)13-21-22-15(27-13)19-12(24)8-23-14(25)18(20-16(23)26)7-11(3)6-17(4,5)9-18/h10-11H,6-9H2,1-5H3,(H,20,26)(H,19,22,24)/t11-,18+/m0/s1. The fourth-order valence-corrected chi connectivity index (χ4v) is 5.23. The van der Waals surface area contributed by atoms with Crippen LogP contribution in [0.2, 0.25) is 0 Å². The number of nitrogens with zero attached hydrogens (tertiary/aromatic N) is 3. The highest BCUT2D eigenvalue weighted by atomic mass is 32.1. The van der Waals surface area contributed by atoms with Crippen molar-refractivity contribution in [3.8, 4) is 0 Å². The molecule has 8 nitrogen and oxygen atoms in total. The number of urea groups is 1. The van der Waals surface area contributed by atoms with E-state index in [-0.39, 0.29) is 23.8 Å². The largest absolute Gasteiger partial charge is 0.325 e.